The summed E-state index contributed by atoms with van der Waals surface area (Å²) in [4.78, 5) is 17.4. The number of carbonyl (C=O) groups is 1. The Hall–Kier alpha value is -1.63. The molecule has 0 radical (unpaired) electrons. The van der Waals surface area contributed by atoms with Gasteiger partial charge in [0, 0.05) is 30.0 Å². The molecule has 0 amide bonds. The minimum atomic E-state index is -0.716. The van der Waals surface area contributed by atoms with Crippen LogP contribution < -0.4 is 4.74 Å². The average Bonchev–Trinajstić information content (AvgIpc) is 2.89. The fourth-order valence-corrected chi connectivity index (χ4v) is 3.07. The number of thiazole rings is 1. The zero-order chi connectivity index (χ0) is 15.5. The van der Waals surface area contributed by atoms with Crippen LogP contribution in [0.15, 0.2) is 29.6 Å². The quantitative estimate of drug-likeness (QED) is 0.877. The molecule has 1 N–H and O–H groups in total. The summed E-state index contributed by atoms with van der Waals surface area (Å²) in [7, 11) is 0. The van der Waals surface area contributed by atoms with Gasteiger partial charge in [-0.1, -0.05) is 11.6 Å². The normalized spacial score (nSPS) is 15.5. The third-order valence-corrected chi connectivity index (χ3v) is 4.59. The van der Waals surface area contributed by atoms with E-state index in [-0.39, 0.29) is 5.92 Å². The molecule has 2 aromatic rings. The second-order valence-corrected chi connectivity index (χ2v) is 6.58. The lowest BCUT2D eigenvalue weighted by molar-refractivity contribution is -0.147. The number of likely N-dealkylation sites (tertiary alicyclic amines) is 1. The van der Waals surface area contributed by atoms with Crippen LogP contribution >= 0.6 is 22.9 Å². The van der Waals surface area contributed by atoms with Gasteiger partial charge in [0.05, 0.1) is 11.6 Å². The van der Waals surface area contributed by atoms with Crippen molar-refractivity contribution >= 4 is 28.9 Å². The third kappa shape index (κ3) is 3.76. The van der Waals surface area contributed by atoms with Crippen molar-refractivity contribution in [3.05, 3.63) is 45.4 Å². The minimum absolute atomic E-state index is 0.230. The molecule has 7 heteroatoms. The molecule has 0 bridgehead atoms. The van der Waals surface area contributed by atoms with Crippen molar-refractivity contribution in [3.8, 4) is 5.75 Å². The van der Waals surface area contributed by atoms with E-state index < -0.39 is 5.97 Å². The highest BCUT2D eigenvalue weighted by molar-refractivity contribution is 7.09. The summed E-state index contributed by atoms with van der Waals surface area (Å²) in [6.07, 6.45) is 0. The topological polar surface area (TPSA) is 62.7 Å². The van der Waals surface area contributed by atoms with Gasteiger partial charge in [-0.25, -0.2) is 4.98 Å². The van der Waals surface area contributed by atoms with Crippen LogP contribution in [-0.2, 0) is 17.9 Å². The summed E-state index contributed by atoms with van der Waals surface area (Å²) in [5.74, 6) is -0.189. The predicted molar refractivity (Wildman–Crippen MR) is 84.3 cm³/mol. The fraction of sp³-hybridized carbons (Fsp3) is 0.333. The van der Waals surface area contributed by atoms with Crippen LogP contribution in [0.2, 0.25) is 5.02 Å². The SMILES string of the molecule is O=C(O)C1CN(Cc2csc(COc3ccc(Cl)cc3)n2)C1. The summed E-state index contributed by atoms with van der Waals surface area (Å²) in [6.45, 7) is 2.32. The molecule has 1 aromatic heterocycles. The summed E-state index contributed by atoms with van der Waals surface area (Å²) < 4.78 is 5.65. The van der Waals surface area contributed by atoms with Crippen molar-refractivity contribution in [2.45, 2.75) is 13.2 Å². The first-order chi connectivity index (χ1) is 10.6. The van der Waals surface area contributed by atoms with E-state index in [4.69, 9.17) is 21.4 Å². The number of aromatic nitrogens is 1. The number of hydrogen-bond donors (Lipinski definition) is 1. The van der Waals surface area contributed by atoms with E-state index in [1.165, 1.54) is 0 Å². The molecule has 1 aliphatic rings. The average molecular weight is 339 g/mol. The molecule has 2 heterocycles. The molecular weight excluding hydrogens is 324 g/mol. The first-order valence-electron chi connectivity index (χ1n) is 6.87. The predicted octanol–water partition coefficient (Wildman–Crippen LogP) is 2.89. The van der Waals surface area contributed by atoms with Crippen molar-refractivity contribution < 1.29 is 14.6 Å². The van der Waals surface area contributed by atoms with Gasteiger partial charge >= 0.3 is 5.97 Å². The second kappa shape index (κ2) is 6.64. The molecule has 5 nitrogen and oxygen atoms in total. The molecule has 3 rings (SSSR count). The molecule has 0 aliphatic carbocycles. The van der Waals surface area contributed by atoms with Gasteiger partial charge in [0.25, 0.3) is 0 Å². The Bertz CT molecular complexity index is 653. The zero-order valence-electron chi connectivity index (χ0n) is 11.7. The molecule has 1 aromatic carbocycles. The van der Waals surface area contributed by atoms with Crippen LogP contribution in [0, 0.1) is 5.92 Å². The van der Waals surface area contributed by atoms with Gasteiger partial charge < -0.3 is 9.84 Å². The van der Waals surface area contributed by atoms with Gasteiger partial charge in [-0.15, -0.1) is 11.3 Å². The maximum atomic E-state index is 10.8. The maximum Gasteiger partial charge on any atom is 0.309 e. The number of hydrogen-bond acceptors (Lipinski definition) is 5. The van der Waals surface area contributed by atoms with Crippen LogP contribution in [0.4, 0.5) is 0 Å². The summed E-state index contributed by atoms with van der Waals surface area (Å²) in [5.41, 5.74) is 0.962. The largest absolute Gasteiger partial charge is 0.486 e. The Balaban J connectivity index is 1.47. The number of benzene rings is 1. The summed E-state index contributed by atoms with van der Waals surface area (Å²) in [6, 6.07) is 7.21. The van der Waals surface area contributed by atoms with Gasteiger partial charge in [0.1, 0.15) is 17.4 Å². The van der Waals surface area contributed by atoms with E-state index in [1.54, 1.807) is 23.5 Å². The standard InChI is InChI=1S/C15H15ClN2O3S/c16-11-1-3-13(4-2-11)21-8-14-17-12(9-22-14)7-18-5-10(6-18)15(19)20/h1-4,9-10H,5-8H2,(H,19,20). The number of halogens is 1. The number of rotatable bonds is 6. The third-order valence-electron chi connectivity index (χ3n) is 3.47. The van der Waals surface area contributed by atoms with Crippen molar-refractivity contribution in [1.82, 2.24) is 9.88 Å². The highest BCUT2D eigenvalue weighted by Crippen LogP contribution is 2.21. The summed E-state index contributed by atoms with van der Waals surface area (Å²) in [5, 5.41) is 12.4. The fourth-order valence-electron chi connectivity index (χ4n) is 2.25. The van der Waals surface area contributed by atoms with Crippen molar-refractivity contribution in [2.75, 3.05) is 13.1 Å². The molecular formula is C15H15ClN2O3S. The summed E-state index contributed by atoms with van der Waals surface area (Å²) >= 11 is 7.37. The lowest BCUT2D eigenvalue weighted by atomic mass is 10.0. The van der Waals surface area contributed by atoms with Crippen molar-refractivity contribution in [1.29, 1.82) is 0 Å². The smallest absolute Gasteiger partial charge is 0.309 e. The number of aliphatic carboxylic acids is 1. The number of carboxylic acids is 1. The van der Waals surface area contributed by atoms with Gasteiger partial charge in [-0.2, -0.15) is 0 Å². The van der Waals surface area contributed by atoms with Gasteiger partial charge in [0.2, 0.25) is 0 Å². The molecule has 0 saturated carbocycles. The molecule has 1 saturated heterocycles. The van der Waals surface area contributed by atoms with Crippen LogP contribution in [0.5, 0.6) is 5.75 Å². The van der Waals surface area contributed by atoms with Gasteiger partial charge in [0.15, 0.2) is 0 Å². The molecule has 0 atom stereocenters. The van der Waals surface area contributed by atoms with Crippen LogP contribution in [0.3, 0.4) is 0 Å². The Morgan fingerprint density at radius 1 is 1.41 bits per heavy atom. The zero-order valence-corrected chi connectivity index (χ0v) is 13.3. The van der Waals surface area contributed by atoms with E-state index in [0.29, 0.717) is 31.3 Å². The lowest BCUT2D eigenvalue weighted by Crippen LogP contribution is -2.49. The minimum Gasteiger partial charge on any atom is -0.486 e. The first kappa shape index (κ1) is 15.3. The molecule has 0 spiro atoms. The van der Waals surface area contributed by atoms with Crippen LogP contribution in [0.25, 0.3) is 0 Å². The Kier molecular flexibility index (Phi) is 4.61. The van der Waals surface area contributed by atoms with E-state index in [0.717, 1.165) is 16.5 Å². The van der Waals surface area contributed by atoms with Gasteiger partial charge in [-0.3, -0.25) is 9.69 Å². The maximum absolute atomic E-state index is 10.8. The van der Waals surface area contributed by atoms with Crippen molar-refractivity contribution in [3.63, 3.8) is 0 Å². The molecule has 22 heavy (non-hydrogen) atoms. The number of nitrogens with zero attached hydrogens (tertiary/aromatic N) is 2. The molecule has 0 unspecified atom stereocenters. The van der Waals surface area contributed by atoms with E-state index in [1.807, 2.05) is 17.5 Å². The lowest BCUT2D eigenvalue weighted by Gasteiger charge is -2.35. The first-order valence-corrected chi connectivity index (χ1v) is 8.13. The highest BCUT2D eigenvalue weighted by atomic mass is 35.5. The van der Waals surface area contributed by atoms with Crippen molar-refractivity contribution in [2.24, 2.45) is 5.92 Å². The van der Waals surface area contributed by atoms with E-state index >= 15 is 0 Å². The Labute approximate surface area is 137 Å². The number of carboxylic acid groups (broad SMARTS) is 1. The van der Waals surface area contributed by atoms with Crippen LogP contribution in [-0.4, -0.2) is 34.0 Å². The Morgan fingerprint density at radius 2 is 2.14 bits per heavy atom. The van der Waals surface area contributed by atoms with E-state index in [9.17, 15) is 4.79 Å². The second-order valence-electron chi connectivity index (χ2n) is 5.20. The molecule has 116 valence electrons. The van der Waals surface area contributed by atoms with Gasteiger partial charge in [-0.05, 0) is 24.3 Å². The van der Waals surface area contributed by atoms with Crippen LogP contribution in [0.1, 0.15) is 10.7 Å². The monoisotopic (exact) mass is 338 g/mol. The highest BCUT2D eigenvalue weighted by Gasteiger charge is 2.32. The molecule has 1 aliphatic heterocycles. The number of ether oxygens (including phenoxy) is 1. The molecule has 1 fully saturated rings. The van der Waals surface area contributed by atoms with E-state index in [2.05, 4.69) is 9.88 Å². The Morgan fingerprint density at radius 3 is 2.82 bits per heavy atom.